The summed E-state index contributed by atoms with van der Waals surface area (Å²) in [6.07, 6.45) is 0. The number of hydrogen-bond donors (Lipinski definition) is 0. The van der Waals surface area contributed by atoms with Crippen molar-refractivity contribution < 1.29 is 9.21 Å². The third-order valence-corrected chi connectivity index (χ3v) is 4.26. The van der Waals surface area contributed by atoms with Gasteiger partial charge in [0.1, 0.15) is 5.52 Å². The van der Waals surface area contributed by atoms with Gasteiger partial charge in [0.25, 0.3) is 5.22 Å². The second kappa shape index (κ2) is 5.74. The van der Waals surface area contributed by atoms with Crippen molar-refractivity contribution in [1.82, 2.24) is 4.98 Å². The fraction of sp³-hybridized carbons (Fsp3) is 0.176. The number of oxazole rings is 1. The Hall–Kier alpha value is -2.07. The van der Waals surface area contributed by atoms with Crippen molar-refractivity contribution in [2.24, 2.45) is 0 Å². The number of benzene rings is 2. The summed E-state index contributed by atoms with van der Waals surface area (Å²) in [5.74, 6) is 0.417. The number of rotatable bonds is 4. The van der Waals surface area contributed by atoms with Crippen LogP contribution in [0, 0.1) is 13.8 Å². The molecule has 0 amide bonds. The number of carbonyl (C=O) groups excluding carboxylic acids is 1. The molecule has 0 saturated heterocycles. The summed E-state index contributed by atoms with van der Waals surface area (Å²) < 4.78 is 5.60. The van der Waals surface area contributed by atoms with Gasteiger partial charge in [0.15, 0.2) is 11.4 Å². The molecule has 0 spiro atoms. The van der Waals surface area contributed by atoms with Gasteiger partial charge in [0, 0.05) is 5.56 Å². The van der Waals surface area contributed by atoms with E-state index in [2.05, 4.69) is 4.98 Å². The highest BCUT2D eigenvalue weighted by molar-refractivity contribution is 7.99. The molecule has 0 aliphatic carbocycles. The second-order valence-corrected chi connectivity index (χ2v) is 5.88. The first-order valence-electron chi connectivity index (χ1n) is 6.72. The molecule has 1 aromatic heterocycles. The lowest BCUT2D eigenvalue weighted by Crippen LogP contribution is -2.03. The standard InChI is InChI=1S/C17H15NO2S/c1-11-7-8-13(9-12(11)2)15(19)10-21-17-18-14-5-3-4-6-16(14)20-17/h3-9H,10H2,1-2H3. The van der Waals surface area contributed by atoms with Crippen LogP contribution >= 0.6 is 11.8 Å². The zero-order chi connectivity index (χ0) is 14.8. The van der Waals surface area contributed by atoms with E-state index in [9.17, 15) is 4.79 Å². The van der Waals surface area contributed by atoms with E-state index < -0.39 is 0 Å². The fourth-order valence-corrected chi connectivity index (χ4v) is 2.77. The smallest absolute Gasteiger partial charge is 0.257 e. The third-order valence-electron chi connectivity index (χ3n) is 3.43. The van der Waals surface area contributed by atoms with Crippen LogP contribution in [-0.4, -0.2) is 16.5 Å². The highest BCUT2D eigenvalue weighted by atomic mass is 32.2. The van der Waals surface area contributed by atoms with Crippen LogP contribution in [0.25, 0.3) is 11.1 Å². The van der Waals surface area contributed by atoms with E-state index in [-0.39, 0.29) is 5.78 Å². The number of ketones is 1. The molecule has 0 aliphatic rings. The number of fused-ring (bicyclic) bond motifs is 1. The van der Waals surface area contributed by atoms with Crippen molar-refractivity contribution in [2.45, 2.75) is 19.1 Å². The Balaban J connectivity index is 1.71. The van der Waals surface area contributed by atoms with Gasteiger partial charge in [-0.15, -0.1) is 0 Å². The lowest BCUT2D eigenvalue weighted by molar-refractivity contribution is 0.102. The number of Topliss-reactive ketones (excluding diaryl/α,β-unsaturated/α-hetero) is 1. The first kappa shape index (κ1) is 13.9. The van der Waals surface area contributed by atoms with E-state index in [1.165, 1.54) is 17.3 Å². The Morgan fingerprint density at radius 2 is 1.95 bits per heavy atom. The van der Waals surface area contributed by atoms with Gasteiger partial charge in [-0.3, -0.25) is 4.79 Å². The monoisotopic (exact) mass is 297 g/mol. The molecular formula is C17H15NO2S. The van der Waals surface area contributed by atoms with Crippen LogP contribution in [0.4, 0.5) is 0 Å². The van der Waals surface area contributed by atoms with Crippen molar-refractivity contribution in [3.05, 3.63) is 59.2 Å². The van der Waals surface area contributed by atoms with Crippen LogP contribution in [0.1, 0.15) is 21.5 Å². The lowest BCUT2D eigenvalue weighted by atomic mass is 10.0. The van der Waals surface area contributed by atoms with Crippen LogP contribution in [0.5, 0.6) is 0 Å². The van der Waals surface area contributed by atoms with Gasteiger partial charge in [0.2, 0.25) is 0 Å². The van der Waals surface area contributed by atoms with Crippen molar-refractivity contribution in [3.8, 4) is 0 Å². The van der Waals surface area contributed by atoms with Gasteiger partial charge in [-0.1, -0.05) is 36.0 Å². The van der Waals surface area contributed by atoms with Crippen LogP contribution in [-0.2, 0) is 0 Å². The number of aryl methyl sites for hydroxylation is 2. The number of para-hydroxylation sites is 2. The highest BCUT2D eigenvalue weighted by Crippen LogP contribution is 2.24. The molecule has 0 bridgehead atoms. The van der Waals surface area contributed by atoms with Crippen molar-refractivity contribution >= 4 is 28.6 Å². The van der Waals surface area contributed by atoms with Gasteiger partial charge < -0.3 is 4.42 Å². The quantitative estimate of drug-likeness (QED) is 0.528. The Morgan fingerprint density at radius 1 is 1.14 bits per heavy atom. The van der Waals surface area contributed by atoms with Gasteiger partial charge in [-0.25, -0.2) is 4.98 Å². The Kier molecular flexibility index (Phi) is 3.80. The molecule has 0 aliphatic heterocycles. The summed E-state index contributed by atoms with van der Waals surface area (Å²) in [4.78, 5) is 16.6. The minimum Gasteiger partial charge on any atom is -0.431 e. The number of hydrogen-bond acceptors (Lipinski definition) is 4. The molecule has 21 heavy (non-hydrogen) atoms. The molecule has 3 rings (SSSR count). The maximum Gasteiger partial charge on any atom is 0.257 e. The van der Waals surface area contributed by atoms with E-state index in [0.717, 1.165) is 22.2 Å². The molecule has 3 aromatic rings. The van der Waals surface area contributed by atoms with E-state index in [1.54, 1.807) is 0 Å². The second-order valence-electron chi connectivity index (χ2n) is 4.96. The zero-order valence-electron chi connectivity index (χ0n) is 11.9. The zero-order valence-corrected chi connectivity index (χ0v) is 12.7. The number of carbonyl (C=O) groups is 1. The van der Waals surface area contributed by atoms with Crippen LogP contribution in [0.15, 0.2) is 52.1 Å². The van der Waals surface area contributed by atoms with Crippen LogP contribution in [0.2, 0.25) is 0 Å². The van der Waals surface area contributed by atoms with Crippen LogP contribution in [0.3, 0.4) is 0 Å². The first-order valence-corrected chi connectivity index (χ1v) is 7.71. The molecule has 0 atom stereocenters. The Bertz CT molecular complexity index is 774. The molecule has 0 fully saturated rings. The number of aromatic nitrogens is 1. The van der Waals surface area contributed by atoms with E-state index in [1.807, 2.05) is 56.3 Å². The Labute approximate surface area is 127 Å². The highest BCUT2D eigenvalue weighted by Gasteiger charge is 2.11. The molecule has 0 N–H and O–H groups in total. The molecule has 4 heteroatoms. The van der Waals surface area contributed by atoms with Gasteiger partial charge in [0.05, 0.1) is 5.75 Å². The summed E-state index contributed by atoms with van der Waals surface area (Å²) in [5, 5.41) is 0.536. The minimum absolute atomic E-state index is 0.0883. The largest absolute Gasteiger partial charge is 0.431 e. The summed E-state index contributed by atoms with van der Waals surface area (Å²) in [6, 6.07) is 13.4. The summed E-state index contributed by atoms with van der Waals surface area (Å²) >= 11 is 1.33. The number of thioether (sulfide) groups is 1. The first-order chi connectivity index (χ1) is 10.1. The maximum absolute atomic E-state index is 12.2. The Morgan fingerprint density at radius 3 is 2.71 bits per heavy atom. The third kappa shape index (κ3) is 3.00. The SMILES string of the molecule is Cc1ccc(C(=O)CSc2nc3ccccc3o2)cc1C. The molecular weight excluding hydrogens is 282 g/mol. The normalized spacial score (nSPS) is 11.0. The molecule has 0 radical (unpaired) electrons. The summed E-state index contributed by atoms with van der Waals surface area (Å²) in [5.41, 5.74) is 4.63. The maximum atomic E-state index is 12.2. The predicted molar refractivity (Wildman–Crippen MR) is 85.0 cm³/mol. The molecule has 3 nitrogen and oxygen atoms in total. The van der Waals surface area contributed by atoms with Crippen molar-refractivity contribution in [1.29, 1.82) is 0 Å². The summed E-state index contributed by atoms with van der Waals surface area (Å²) in [6.45, 7) is 4.05. The van der Waals surface area contributed by atoms with E-state index >= 15 is 0 Å². The summed E-state index contributed by atoms with van der Waals surface area (Å²) in [7, 11) is 0. The molecule has 106 valence electrons. The topological polar surface area (TPSA) is 43.1 Å². The van der Waals surface area contributed by atoms with Crippen molar-refractivity contribution in [2.75, 3.05) is 5.75 Å². The molecule has 2 aromatic carbocycles. The minimum atomic E-state index is 0.0883. The predicted octanol–water partition coefficient (Wildman–Crippen LogP) is 4.42. The fourth-order valence-electron chi connectivity index (χ4n) is 2.04. The lowest BCUT2D eigenvalue weighted by Gasteiger charge is -2.03. The van der Waals surface area contributed by atoms with Crippen LogP contribution < -0.4 is 0 Å². The number of nitrogens with zero attached hydrogens (tertiary/aromatic N) is 1. The van der Waals surface area contributed by atoms with Gasteiger partial charge in [-0.2, -0.15) is 0 Å². The van der Waals surface area contributed by atoms with E-state index in [0.29, 0.717) is 11.0 Å². The van der Waals surface area contributed by atoms with Gasteiger partial charge >= 0.3 is 0 Å². The van der Waals surface area contributed by atoms with Gasteiger partial charge in [-0.05, 0) is 43.2 Å². The average Bonchev–Trinajstić information content (AvgIpc) is 2.90. The molecule has 0 unspecified atom stereocenters. The van der Waals surface area contributed by atoms with Crippen molar-refractivity contribution in [3.63, 3.8) is 0 Å². The average molecular weight is 297 g/mol. The molecule has 0 saturated carbocycles. The molecule has 1 heterocycles. The van der Waals surface area contributed by atoms with E-state index in [4.69, 9.17) is 4.42 Å².